The predicted molar refractivity (Wildman–Crippen MR) is 95.3 cm³/mol. The number of halogens is 2. The number of nitrogens with zero attached hydrogens (tertiary/aromatic N) is 1. The molecule has 2 heterocycles. The van der Waals surface area contributed by atoms with Crippen molar-refractivity contribution in [2.24, 2.45) is 0 Å². The molecule has 3 heteroatoms. The summed E-state index contributed by atoms with van der Waals surface area (Å²) in [7, 11) is 0. The minimum absolute atomic E-state index is 0.240. The molecule has 1 saturated carbocycles. The Balaban J connectivity index is 2.13. The molecule has 1 nitrogen and oxygen atoms in total. The van der Waals surface area contributed by atoms with Crippen molar-refractivity contribution in [2.75, 3.05) is 0 Å². The summed E-state index contributed by atoms with van der Waals surface area (Å²) in [4.78, 5) is 0. The second kappa shape index (κ2) is 5.23. The number of allylic oxidation sites excluding steroid dienone is 1. The molecule has 2 unspecified atom stereocenters. The van der Waals surface area contributed by atoms with Crippen molar-refractivity contribution < 1.29 is 13.3 Å². The van der Waals surface area contributed by atoms with E-state index in [0.717, 1.165) is 36.8 Å². The molecule has 0 saturated heterocycles. The summed E-state index contributed by atoms with van der Waals surface area (Å²) in [5.41, 5.74) is 2.88. The zero-order chi connectivity index (χ0) is 18.0. The highest BCUT2D eigenvalue weighted by Gasteiger charge is 2.81. The first-order valence-corrected chi connectivity index (χ1v) is 9.17. The smallest absolute Gasteiger partial charge is 0.207 e. The summed E-state index contributed by atoms with van der Waals surface area (Å²) < 4.78 is 32.1. The van der Waals surface area contributed by atoms with Gasteiger partial charge in [0.25, 0.3) is 0 Å². The highest BCUT2D eigenvalue weighted by atomic mass is 19.1. The first kappa shape index (κ1) is 16.4. The fraction of sp³-hybridized carbons (Fsp3) is 0.409. The van der Waals surface area contributed by atoms with Gasteiger partial charge in [-0.3, -0.25) is 0 Å². The lowest BCUT2D eigenvalue weighted by atomic mass is 9.77. The molecule has 1 aromatic heterocycles. The Bertz CT molecular complexity index is 901. The molecule has 2 aromatic rings. The van der Waals surface area contributed by atoms with Gasteiger partial charge in [-0.15, -0.1) is 0 Å². The molecule has 25 heavy (non-hydrogen) atoms. The molecule has 4 rings (SSSR count). The third-order valence-electron chi connectivity index (χ3n) is 6.34. The topological polar surface area (TPSA) is 3.88 Å². The number of benzene rings is 1. The number of hydrogen-bond acceptors (Lipinski definition) is 0. The van der Waals surface area contributed by atoms with Crippen LogP contribution in [-0.2, 0) is 11.0 Å². The first-order valence-electron chi connectivity index (χ1n) is 9.17. The number of rotatable bonds is 4. The maximum Gasteiger partial charge on any atom is 0.249 e. The minimum atomic E-state index is -0.420. The zero-order valence-electron chi connectivity index (χ0n) is 15.1. The van der Waals surface area contributed by atoms with Crippen molar-refractivity contribution in [3.05, 3.63) is 65.4 Å². The highest BCUT2D eigenvalue weighted by molar-refractivity contribution is 5.74. The molecule has 2 aliphatic rings. The van der Waals surface area contributed by atoms with Crippen LogP contribution >= 0.6 is 0 Å². The van der Waals surface area contributed by atoms with E-state index in [9.17, 15) is 4.39 Å². The van der Waals surface area contributed by atoms with Crippen LogP contribution in [0.25, 0.3) is 11.3 Å². The van der Waals surface area contributed by atoms with Crippen LogP contribution in [0.15, 0.2) is 42.6 Å². The summed E-state index contributed by atoms with van der Waals surface area (Å²) in [6, 6.07) is 6.56. The summed E-state index contributed by atoms with van der Waals surface area (Å²) in [5, 5.41) is 0. The number of fused-ring (bicyclic) bond motifs is 6. The van der Waals surface area contributed by atoms with Crippen LogP contribution in [-0.4, -0.2) is 0 Å². The molecular formula is C22H24F2N+. The monoisotopic (exact) mass is 340 g/mol. The van der Waals surface area contributed by atoms with E-state index >= 15 is 4.39 Å². The van der Waals surface area contributed by atoms with Gasteiger partial charge in [-0.05, 0) is 31.5 Å². The quantitative estimate of drug-likeness (QED) is 0.522. The van der Waals surface area contributed by atoms with Gasteiger partial charge in [0.2, 0.25) is 11.2 Å². The first-order chi connectivity index (χ1) is 12.0. The molecule has 0 amide bonds. The van der Waals surface area contributed by atoms with Gasteiger partial charge < -0.3 is 0 Å². The van der Waals surface area contributed by atoms with Crippen molar-refractivity contribution in [1.29, 1.82) is 0 Å². The average Bonchev–Trinajstić information content (AvgIpc) is 3.12. The molecule has 1 fully saturated rings. The Kier molecular flexibility index (Phi) is 3.44. The SMILES string of the molecule is C=C1C2(CCCC)c3c(F)cccc3-c3c(F)cc(C)c[n+]3C12CC. The Hall–Kier alpha value is -2.03. The third kappa shape index (κ3) is 1.74. The van der Waals surface area contributed by atoms with Crippen molar-refractivity contribution in [1.82, 2.24) is 0 Å². The Morgan fingerprint density at radius 2 is 1.92 bits per heavy atom. The van der Waals surface area contributed by atoms with E-state index in [4.69, 9.17) is 0 Å². The normalized spacial score (nSPS) is 26.0. The predicted octanol–water partition coefficient (Wildman–Crippen LogP) is 5.34. The standard InChI is InChI=1S/C22H24F2N/c1-5-7-11-21-15(4)22(21,6-2)25-13-14(3)12-18(24)20(25)16-9-8-10-17(23)19(16)21/h8-10,12-13H,4-7,11H2,1-3H3/q+1. The van der Waals surface area contributed by atoms with E-state index in [1.54, 1.807) is 6.07 Å². The molecule has 1 aliphatic carbocycles. The van der Waals surface area contributed by atoms with Gasteiger partial charge in [0.1, 0.15) is 5.82 Å². The summed E-state index contributed by atoms with van der Waals surface area (Å²) in [6.45, 7) is 10.5. The van der Waals surface area contributed by atoms with Crippen LogP contribution in [0.3, 0.4) is 0 Å². The van der Waals surface area contributed by atoms with Gasteiger partial charge in [-0.1, -0.05) is 39.3 Å². The largest absolute Gasteiger partial charge is 0.249 e. The van der Waals surface area contributed by atoms with E-state index in [1.165, 1.54) is 12.1 Å². The number of hydrogen-bond donors (Lipinski definition) is 0. The number of unbranched alkanes of at least 4 members (excludes halogenated alkanes) is 1. The van der Waals surface area contributed by atoms with Crippen LogP contribution in [0.1, 0.15) is 50.7 Å². The minimum Gasteiger partial charge on any atom is -0.207 e. The number of pyridine rings is 1. The number of aromatic nitrogens is 1. The van der Waals surface area contributed by atoms with Gasteiger partial charge in [0, 0.05) is 23.1 Å². The molecule has 2 atom stereocenters. The Morgan fingerprint density at radius 3 is 2.60 bits per heavy atom. The Labute approximate surface area is 148 Å². The van der Waals surface area contributed by atoms with E-state index in [0.29, 0.717) is 16.8 Å². The van der Waals surface area contributed by atoms with E-state index in [-0.39, 0.29) is 11.6 Å². The van der Waals surface area contributed by atoms with Crippen molar-refractivity contribution in [2.45, 2.75) is 57.4 Å². The van der Waals surface area contributed by atoms with Gasteiger partial charge in [0.05, 0.1) is 11.0 Å². The van der Waals surface area contributed by atoms with E-state index in [2.05, 4.69) is 25.0 Å². The van der Waals surface area contributed by atoms with Crippen molar-refractivity contribution in [3.63, 3.8) is 0 Å². The van der Waals surface area contributed by atoms with Gasteiger partial charge >= 0.3 is 0 Å². The fourth-order valence-corrected chi connectivity index (χ4v) is 5.30. The second-order valence-electron chi connectivity index (χ2n) is 7.45. The van der Waals surface area contributed by atoms with Crippen LogP contribution in [0, 0.1) is 18.6 Å². The second-order valence-corrected chi connectivity index (χ2v) is 7.45. The molecule has 1 aromatic carbocycles. The fourth-order valence-electron chi connectivity index (χ4n) is 5.30. The maximum absolute atomic E-state index is 15.0. The molecule has 0 N–H and O–H groups in total. The third-order valence-corrected chi connectivity index (χ3v) is 6.34. The van der Waals surface area contributed by atoms with Crippen LogP contribution in [0.2, 0.25) is 0 Å². The lowest BCUT2D eigenvalue weighted by Crippen LogP contribution is -2.55. The molecule has 130 valence electrons. The zero-order valence-corrected chi connectivity index (χ0v) is 15.1. The molecule has 0 radical (unpaired) electrons. The summed E-state index contributed by atoms with van der Waals surface area (Å²) >= 11 is 0. The lowest BCUT2D eigenvalue weighted by molar-refractivity contribution is -0.733. The highest BCUT2D eigenvalue weighted by Crippen LogP contribution is 2.71. The Morgan fingerprint density at radius 1 is 1.16 bits per heavy atom. The van der Waals surface area contributed by atoms with Crippen molar-refractivity contribution >= 4 is 0 Å². The van der Waals surface area contributed by atoms with Crippen LogP contribution < -0.4 is 4.57 Å². The maximum atomic E-state index is 15.0. The molecule has 0 spiro atoms. The van der Waals surface area contributed by atoms with Crippen LogP contribution in [0.4, 0.5) is 8.78 Å². The van der Waals surface area contributed by atoms with E-state index < -0.39 is 11.0 Å². The molecule has 1 aliphatic heterocycles. The van der Waals surface area contributed by atoms with Crippen molar-refractivity contribution in [3.8, 4) is 11.3 Å². The van der Waals surface area contributed by atoms with Gasteiger partial charge in [0.15, 0.2) is 12.0 Å². The van der Waals surface area contributed by atoms with Gasteiger partial charge in [-0.25, -0.2) is 4.39 Å². The van der Waals surface area contributed by atoms with E-state index in [1.807, 2.05) is 19.2 Å². The molecule has 0 bridgehead atoms. The van der Waals surface area contributed by atoms with Crippen LogP contribution in [0.5, 0.6) is 0 Å². The molecular weight excluding hydrogens is 316 g/mol. The number of aryl methyl sites for hydroxylation is 1. The lowest BCUT2D eigenvalue weighted by Gasteiger charge is -2.29. The summed E-state index contributed by atoms with van der Waals surface area (Å²) in [6.07, 6.45) is 5.68. The summed E-state index contributed by atoms with van der Waals surface area (Å²) in [5.74, 6) is -0.528. The average molecular weight is 340 g/mol. The van der Waals surface area contributed by atoms with Gasteiger partial charge in [-0.2, -0.15) is 8.96 Å².